The van der Waals surface area contributed by atoms with Crippen LogP contribution in [0.4, 0.5) is 0 Å². The van der Waals surface area contributed by atoms with Crippen molar-refractivity contribution >= 4 is 21.9 Å². The molecule has 0 aromatic heterocycles. The summed E-state index contributed by atoms with van der Waals surface area (Å²) < 4.78 is 27.7. The topological polar surface area (TPSA) is 116 Å². The highest BCUT2D eigenvalue weighted by molar-refractivity contribution is 7.89. The number of aliphatic carboxylic acids is 1. The van der Waals surface area contributed by atoms with E-state index >= 15 is 0 Å². The molecule has 0 spiro atoms. The van der Waals surface area contributed by atoms with E-state index in [-0.39, 0.29) is 23.6 Å². The molecule has 36 heavy (non-hydrogen) atoms. The molecule has 0 radical (unpaired) electrons. The van der Waals surface area contributed by atoms with Gasteiger partial charge in [-0.1, -0.05) is 44.7 Å². The first-order valence-electron chi connectivity index (χ1n) is 13.6. The molecule has 0 bridgehead atoms. The van der Waals surface area contributed by atoms with Crippen LogP contribution in [0.3, 0.4) is 0 Å². The number of aryl methyl sites for hydroxylation is 1. The van der Waals surface area contributed by atoms with E-state index in [4.69, 9.17) is 0 Å². The van der Waals surface area contributed by atoms with Crippen molar-refractivity contribution < 1.29 is 23.1 Å². The normalized spacial score (nSPS) is 18.8. The van der Waals surface area contributed by atoms with E-state index < -0.39 is 22.0 Å². The largest absolute Gasteiger partial charge is 0.480 e. The highest BCUT2D eigenvalue weighted by atomic mass is 32.2. The summed E-state index contributed by atoms with van der Waals surface area (Å²) in [4.78, 5) is 26.3. The van der Waals surface area contributed by atoms with Crippen molar-refractivity contribution in [2.45, 2.75) is 88.5 Å². The number of benzene rings is 1. The summed E-state index contributed by atoms with van der Waals surface area (Å²) in [6.45, 7) is 5.72. The van der Waals surface area contributed by atoms with Crippen LogP contribution in [-0.2, 0) is 26.0 Å². The fourth-order valence-corrected chi connectivity index (χ4v) is 6.60. The Hall–Kier alpha value is -1.97. The van der Waals surface area contributed by atoms with Crippen molar-refractivity contribution in [2.24, 2.45) is 11.8 Å². The number of piperidine rings is 2. The summed E-state index contributed by atoms with van der Waals surface area (Å²) in [6, 6.07) is 5.13. The van der Waals surface area contributed by atoms with E-state index in [2.05, 4.69) is 10.0 Å². The first kappa shape index (κ1) is 28.6. The molecule has 0 aliphatic carbocycles. The number of amides is 1. The Morgan fingerprint density at radius 3 is 2.25 bits per heavy atom. The summed E-state index contributed by atoms with van der Waals surface area (Å²) in [5, 5.41) is 13.0. The lowest BCUT2D eigenvalue weighted by Gasteiger charge is -2.32. The number of nitrogens with zero attached hydrogens (tertiary/aromatic N) is 1. The van der Waals surface area contributed by atoms with Gasteiger partial charge in [0, 0.05) is 19.5 Å². The van der Waals surface area contributed by atoms with Gasteiger partial charge in [0.05, 0.1) is 4.90 Å². The van der Waals surface area contributed by atoms with Crippen molar-refractivity contribution in [3.63, 3.8) is 0 Å². The average Bonchev–Trinajstić information content (AvgIpc) is 2.88. The zero-order valence-electron chi connectivity index (χ0n) is 21.6. The lowest BCUT2D eigenvalue weighted by molar-refractivity contribution is -0.139. The van der Waals surface area contributed by atoms with Crippen LogP contribution >= 0.6 is 0 Å². The van der Waals surface area contributed by atoms with Gasteiger partial charge in [0.25, 0.3) is 0 Å². The lowest BCUT2D eigenvalue weighted by atomic mass is 9.87. The summed E-state index contributed by atoms with van der Waals surface area (Å²) in [5.74, 6) is 0.130. The fourth-order valence-electron chi connectivity index (χ4n) is 5.37. The highest BCUT2D eigenvalue weighted by Gasteiger charge is 2.28. The van der Waals surface area contributed by atoms with Gasteiger partial charge >= 0.3 is 5.97 Å². The van der Waals surface area contributed by atoms with Crippen molar-refractivity contribution in [3.05, 3.63) is 29.8 Å². The molecule has 1 amide bonds. The Bertz CT molecular complexity index is 937. The van der Waals surface area contributed by atoms with Gasteiger partial charge in [0.1, 0.15) is 6.04 Å². The highest BCUT2D eigenvalue weighted by Crippen LogP contribution is 2.26. The minimum Gasteiger partial charge on any atom is -0.480 e. The summed E-state index contributed by atoms with van der Waals surface area (Å²) in [6.07, 6.45) is 10.1. The minimum atomic E-state index is -3.99. The summed E-state index contributed by atoms with van der Waals surface area (Å²) in [7, 11) is -3.99. The minimum absolute atomic E-state index is 0.00923. The van der Waals surface area contributed by atoms with E-state index in [1.807, 2.05) is 11.8 Å². The zero-order valence-corrected chi connectivity index (χ0v) is 22.4. The van der Waals surface area contributed by atoms with Crippen LogP contribution in [0.25, 0.3) is 0 Å². The van der Waals surface area contributed by atoms with Crippen LogP contribution in [0.5, 0.6) is 0 Å². The molecule has 2 aliphatic rings. The molecule has 1 aromatic rings. The average molecular weight is 522 g/mol. The van der Waals surface area contributed by atoms with Crippen LogP contribution in [0.1, 0.15) is 76.7 Å². The van der Waals surface area contributed by atoms with Crippen molar-refractivity contribution in [1.82, 2.24) is 14.9 Å². The third kappa shape index (κ3) is 8.85. The molecule has 202 valence electrons. The zero-order chi connectivity index (χ0) is 26.0. The Morgan fingerprint density at radius 2 is 1.67 bits per heavy atom. The third-order valence-corrected chi connectivity index (χ3v) is 9.15. The SMILES string of the molecule is CCCc1ccc(S(=O)(=O)N[C@@H](CCC(=O)N2CCC(CCCC3CCNCC3)CC2)C(=O)O)cc1. The number of carboxylic acid groups (broad SMARTS) is 1. The predicted octanol–water partition coefficient (Wildman–Crippen LogP) is 3.56. The van der Waals surface area contributed by atoms with Crippen molar-refractivity contribution in [3.8, 4) is 0 Å². The quantitative estimate of drug-likeness (QED) is 0.366. The molecule has 2 saturated heterocycles. The lowest BCUT2D eigenvalue weighted by Crippen LogP contribution is -2.43. The Morgan fingerprint density at radius 1 is 1.06 bits per heavy atom. The number of hydrogen-bond acceptors (Lipinski definition) is 5. The van der Waals surface area contributed by atoms with Gasteiger partial charge in [0.15, 0.2) is 0 Å². The molecule has 2 fully saturated rings. The van der Waals surface area contributed by atoms with E-state index in [9.17, 15) is 23.1 Å². The molecule has 1 atom stereocenters. The van der Waals surface area contributed by atoms with Crippen LogP contribution in [-0.4, -0.2) is 62.5 Å². The van der Waals surface area contributed by atoms with Gasteiger partial charge in [-0.15, -0.1) is 0 Å². The standard InChI is InChI=1S/C27H43N3O5S/c1-2-4-21-7-9-24(10-8-21)36(34,35)29-25(27(32)33)11-12-26(31)30-19-15-23(16-20-30)6-3-5-22-13-17-28-18-14-22/h7-10,22-23,25,28-29H,2-6,11-20H2,1H3,(H,32,33)/t25-/m0/s1. The fraction of sp³-hybridized carbons (Fsp3) is 0.704. The maximum atomic E-state index is 12.7. The molecule has 9 heteroatoms. The molecule has 2 heterocycles. The smallest absolute Gasteiger partial charge is 0.321 e. The number of sulfonamides is 1. The van der Waals surface area contributed by atoms with Gasteiger partial charge in [-0.25, -0.2) is 8.42 Å². The van der Waals surface area contributed by atoms with E-state index in [1.165, 1.54) is 44.2 Å². The Kier molecular flexibility index (Phi) is 11.2. The molecule has 1 aromatic carbocycles. The molecule has 0 saturated carbocycles. The van der Waals surface area contributed by atoms with Gasteiger partial charge in [0.2, 0.25) is 15.9 Å². The van der Waals surface area contributed by atoms with E-state index in [0.717, 1.165) is 50.3 Å². The van der Waals surface area contributed by atoms with Crippen LogP contribution in [0.15, 0.2) is 29.2 Å². The Labute approximate surface area is 216 Å². The maximum absolute atomic E-state index is 12.7. The molecule has 3 rings (SSSR count). The van der Waals surface area contributed by atoms with Gasteiger partial charge in [-0.2, -0.15) is 4.72 Å². The van der Waals surface area contributed by atoms with Gasteiger partial charge in [-0.3, -0.25) is 9.59 Å². The molecule has 2 aliphatic heterocycles. The maximum Gasteiger partial charge on any atom is 0.321 e. The number of carbonyl (C=O) groups is 2. The molecule has 8 nitrogen and oxygen atoms in total. The first-order chi connectivity index (χ1) is 17.3. The summed E-state index contributed by atoms with van der Waals surface area (Å²) in [5.41, 5.74) is 1.03. The second-order valence-corrected chi connectivity index (χ2v) is 12.1. The van der Waals surface area contributed by atoms with E-state index in [1.54, 1.807) is 12.1 Å². The first-order valence-corrected chi connectivity index (χ1v) is 15.1. The monoisotopic (exact) mass is 521 g/mol. The predicted molar refractivity (Wildman–Crippen MR) is 140 cm³/mol. The van der Waals surface area contributed by atoms with Gasteiger partial charge < -0.3 is 15.3 Å². The molecular weight excluding hydrogens is 478 g/mol. The number of rotatable bonds is 13. The van der Waals surface area contributed by atoms with Crippen LogP contribution < -0.4 is 10.0 Å². The second kappa shape index (κ2) is 14.1. The van der Waals surface area contributed by atoms with Crippen molar-refractivity contribution in [2.75, 3.05) is 26.2 Å². The Balaban J connectivity index is 1.41. The number of nitrogens with one attached hydrogen (secondary N) is 2. The third-order valence-electron chi connectivity index (χ3n) is 7.67. The van der Waals surface area contributed by atoms with E-state index in [0.29, 0.717) is 19.0 Å². The number of hydrogen-bond donors (Lipinski definition) is 3. The van der Waals surface area contributed by atoms with Gasteiger partial charge in [-0.05, 0) is 81.1 Å². The molecule has 0 unspecified atom stereocenters. The number of carbonyl (C=O) groups excluding carboxylic acids is 1. The number of carboxylic acids is 1. The van der Waals surface area contributed by atoms with Crippen LogP contribution in [0.2, 0.25) is 0 Å². The van der Waals surface area contributed by atoms with Crippen molar-refractivity contribution in [1.29, 1.82) is 0 Å². The second-order valence-electron chi connectivity index (χ2n) is 10.4. The number of likely N-dealkylation sites (tertiary alicyclic amines) is 1. The molecule has 3 N–H and O–H groups in total. The summed E-state index contributed by atoms with van der Waals surface area (Å²) >= 11 is 0. The molecular formula is C27H43N3O5S. The van der Waals surface area contributed by atoms with Crippen LogP contribution in [0, 0.1) is 11.8 Å².